The van der Waals surface area contributed by atoms with E-state index >= 15 is 0 Å². The molecule has 2 aliphatic heterocycles. The number of rotatable bonds is 6. The first-order chi connectivity index (χ1) is 16.3. The number of hydrogen-bond donors (Lipinski definition) is 1. The van der Waals surface area contributed by atoms with Gasteiger partial charge in [0, 0.05) is 24.4 Å². The van der Waals surface area contributed by atoms with Crippen LogP contribution in [0.1, 0.15) is 50.8 Å². The Balaban J connectivity index is 0.00000342. The molecule has 35 heavy (non-hydrogen) atoms. The second-order valence-electron chi connectivity index (χ2n) is 7.76. The van der Waals surface area contributed by atoms with Crippen molar-refractivity contribution in [2.45, 2.75) is 31.8 Å². The van der Waals surface area contributed by atoms with Gasteiger partial charge in [-0.15, -0.1) is 12.4 Å². The predicted octanol–water partition coefficient (Wildman–Crippen LogP) is 0.936. The standard InChI is InChI=1S/C23H20N4O7.ClH/c1-13(25-19(29)14-8-10-24-11-9-14)23(33)34-12-26-18(28)7-6-17(22(26)32)27-20(30)15-4-2-3-5-16(15)21(27)31;/h2-5,8-11,13,17H,6-7,12H2,1H3,(H,25,29);1H/t13-,17?;/m0./s1. The minimum Gasteiger partial charge on any atom is -0.442 e. The van der Waals surface area contributed by atoms with Crippen LogP contribution in [0.2, 0.25) is 0 Å². The Labute approximate surface area is 205 Å². The number of halogens is 1. The quantitative estimate of drug-likeness (QED) is 0.456. The zero-order valence-corrected chi connectivity index (χ0v) is 19.3. The summed E-state index contributed by atoms with van der Waals surface area (Å²) in [5.74, 6) is -4.03. The topological polar surface area (TPSA) is 143 Å². The van der Waals surface area contributed by atoms with Gasteiger partial charge in [-0.25, -0.2) is 9.69 Å². The van der Waals surface area contributed by atoms with Crippen molar-refractivity contribution in [1.82, 2.24) is 20.1 Å². The van der Waals surface area contributed by atoms with Crippen molar-refractivity contribution in [3.63, 3.8) is 0 Å². The number of piperidine rings is 1. The molecule has 1 saturated heterocycles. The zero-order valence-electron chi connectivity index (χ0n) is 18.5. The van der Waals surface area contributed by atoms with Crippen molar-refractivity contribution >= 4 is 47.9 Å². The lowest BCUT2D eigenvalue weighted by Gasteiger charge is -2.34. The van der Waals surface area contributed by atoms with E-state index in [0.29, 0.717) is 10.5 Å². The predicted molar refractivity (Wildman–Crippen MR) is 121 cm³/mol. The number of pyridine rings is 1. The number of nitrogens with one attached hydrogen (secondary N) is 1. The molecule has 182 valence electrons. The number of carbonyl (C=O) groups excluding carboxylic acids is 6. The minimum atomic E-state index is -1.19. The second-order valence-corrected chi connectivity index (χ2v) is 7.76. The normalized spacial score (nSPS) is 18.0. The molecule has 2 aliphatic rings. The van der Waals surface area contributed by atoms with Gasteiger partial charge in [0.25, 0.3) is 23.6 Å². The van der Waals surface area contributed by atoms with Gasteiger partial charge in [-0.3, -0.25) is 33.9 Å². The summed E-state index contributed by atoms with van der Waals surface area (Å²) in [7, 11) is 0. The second kappa shape index (κ2) is 10.4. The Kier molecular flexibility index (Phi) is 7.60. The molecule has 1 fully saturated rings. The Hall–Kier alpha value is -4.12. The van der Waals surface area contributed by atoms with Gasteiger partial charge in [0.15, 0.2) is 6.73 Å². The van der Waals surface area contributed by atoms with Crippen molar-refractivity contribution in [3.05, 3.63) is 65.5 Å². The number of likely N-dealkylation sites (tertiary alicyclic amines) is 1. The lowest BCUT2D eigenvalue weighted by atomic mass is 10.0. The van der Waals surface area contributed by atoms with Crippen LogP contribution in [0.15, 0.2) is 48.8 Å². The first-order valence-corrected chi connectivity index (χ1v) is 10.5. The molecule has 1 unspecified atom stereocenters. The summed E-state index contributed by atoms with van der Waals surface area (Å²) >= 11 is 0. The number of aromatic nitrogens is 1. The van der Waals surface area contributed by atoms with Crippen molar-refractivity contribution in [2.24, 2.45) is 0 Å². The number of carbonyl (C=O) groups is 6. The number of imide groups is 2. The molecule has 0 bridgehead atoms. The van der Waals surface area contributed by atoms with Gasteiger partial charge in [0.2, 0.25) is 5.91 Å². The third kappa shape index (κ3) is 4.90. The highest BCUT2D eigenvalue weighted by Gasteiger charge is 2.47. The maximum atomic E-state index is 13.0. The van der Waals surface area contributed by atoms with Gasteiger partial charge in [0.05, 0.1) is 11.1 Å². The lowest BCUT2D eigenvalue weighted by Crippen LogP contribution is -2.56. The summed E-state index contributed by atoms with van der Waals surface area (Å²) in [4.78, 5) is 80.7. The molecular weight excluding hydrogens is 480 g/mol. The number of ether oxygens (including phenoxy) is 1. The smallest absolute Gasteiger partial charge is 0.330 e. The van der Waals surface area contributed by atoms with E-state index < -0.39 is 54.3 Å². The summed E-state index contributed by atoms with van der Waals surface area (Å²) in [6.45, 7) is 0.689. The Morgan fingerprint density at radius 1 is 1.06 bits per heavy atom. The van der Waals surface area contributed by atoms with Crippen LogP contribution in [-0.4, -0.2) is 69.1 Å². The van der Waals surface area contributed by atoms with E-state index in [-0.39, 0.29) is 36.4 Å². The van der Waals surface area contributed by atoms with E-state index in [1.165, 1.54) is 43.6 Å². The highest BCUT2D eigenvalue weighted by atomic mass is 35.5. The van der Waals surface area contributed by atoms with Gasteiger partial charge in [-0.2, -0.15) is 0 Å². The number of nitrogens with zero attached hydrogens (tertiary/aromatic N) is 3. The lowest BCUT2D eigenvalue weighted by molar-refractivity contribution is -0.164. The summed E-state index contributed by atoms with van der Waals surface area (Å²) < 4.78 is 5.08. The fraction of sp³-hybridized carbons (Fsp3) is 0.261. The molecule has 0 radical (unpaired) electrons. The molecule has 1 N–H and O–H groups in total. The number of fused-ring (bicyclic) bond motifs is 1. The first kappa shape index (κ1) is 25.5. The summed E-state index contributed by atoms with van der Waals surface area (Å²) in [5, 5.41) is 2.45. The van der Waals surface area contributed by atoms with Gasteiger partial charge >= 0.3 is 5.97 Å². The van der Waals surface area contributed by atoms with Gasteiger partial charge < -0.3 is 10.1 Å². The molecule has 12 heteroatoms. The maximum absolute atomic E-state index is 13.0. The monoisotopic (exact) mass is 500 g/mol. The highest BCUT2D eigenvalue weighted by molar-refractivity contribution is 6.23. The molecule has 0 saturated carbocycles. The Morgan fingerprint density at radius 2 is 1.66 bits per heavy atom. The number of amides is 5. The average molecular weight is 501 g/mol. The van der Waals surface area contributed by atoms with Gasteiger partial charge in [-0.1, -0.05) is 12.1 Å². The first-order valence-electron chi connectivity index (χ1n) is 10.5. The fourth-order valence-corrected chi connectivity index (χ4v) is 3.78. The zero-order chi connectivity index (χ0) is 24.4. The van der Waals surface area contributed by atoms with Crippen LogP contribution in [-0.2, 0) is 19.1 Å². The number of benzene rings is 1. The van der Waals surface area contributed by atoms with Crippen molar-refractivity contribution in [2.75, 3.05) is 6.73 Å². The van der Waals surface area contributed by atoms with E-state index in [1.54, 1.807) is 12.1 Å². The van der Waals surface area contributed by atoms with Gasteiger partial charge in [-0.05, 0) is 37.6 Å². The fourth-order valence-electron chi connectivity index (χ4n) is 3.78. The van der Waals surface area contributed by atoms with Crippen molar-refractivity contribution in [1.29, 1.82) is 0 Å². The van der Waals surface area contributed by atoms with Crippen LogP contribution >= 0.6 is 12.4 Å². The van der Waals surface area contributed by atoms with Crippen LogP contribution < -0.4 is 5.32 Å². The highest BCUT2D eigenvalue weighted by Crippen LogP contribution is 2.29. The third-order valence-corrected chi connectivity index (χ3v) is 5.60. The summed E-state index contributed by atoms with van der Waals surface area (Å²) in [6.07, 6.45) is 2.72. The molecule has 0 spiro atoms. The Bertz CT molecular complexity index is 1170. The van der Waals surface area contributed by atoms with Crippen LogP contribution in [0.4, 0.5) is 0 Å². The molecule has 5 amide bonds. The van der Waals surface area contributed by atoms with E-state index in [0.717, 1.165) is 4.90 Å². The van der Waals surface area contributed by atoms with Crippen LogP contribution in [0.3, 0.4) is 0 Å². The number of esters is 1. The summed E-state index contributed by atoms with van der Waals surface area (Å²) in [5.41, 5.74) is 0.669. The van der Waals surface area contributed by atoms with E-state index in [1.807, 2.05) is 0 Å². The molecule has 1 aromatic heterocycles. The SMILES string of the molecule is C[C@H](NC(=O)c1ccncc1)C(=O)OCN1C(=O)CCC(N2C(=O)c3ccccc3C2=O)C1=O.Cl. The molecule has 2 atom stereocenters. The van der Waals surface area contributed by atoms with E-state index in [2.05, 4.69) is 10.3 Å². The molecule has 2 aromatic rings. The molecule has 1 aromatic carbocycles. The number of hydrogen-bond acceptors (Lipinski definition) is 8. The minimum absolute atomic E-state index is 0. The molecule has 4 rings (SSSR count). The van der Waals surface area contributed by atoms with Crippen LogP contribution in [0, 0.1) is 0 Å². The third-order valence-electron chi connectivity index (χ3n) is 5.60. The van der Waals surface area contributed by atoms with E-state index in [9.17, 15) is 28.8 Å². The Morgan fingerprint density at radius 3 is 2.26 bits per heavy atom. The largest absolute Gasteiger partial charge is 0.442 e. The average Bonchev–Trinajstić information content (AvgIpc) is 3.09. The van der Waals surface area contributed by atoms with Crippen LogP contribution in [0.25, 0.3) is 0 Å². The maximum Gasteiger partial charge on any atom is 0.330 e. The van der Waals surface area contributed by atoms with Crippen molar-refractivity contribution < 1.29 is 33.5 Å². The molecule has 0 aliphatic carbocycles. The summed E-state index contributed by atoms with van der Waals surface area (Å²) in [6, 6.07) is 6.90. The van der Waals surface area contributed by atoms with Crippen molar-refractivity contribution in [3.8, 4) is 0 Å². The van der Waals surface area contributed by atoms with Crippen LogP contribution in [0.5, 0.6) is 0 Å². The molecule has 3 heterocycles. The van der Waals surface area contributed by atoms with E-state index in [4.69, 9.17) is 4.74 Å². The molecule has 11 nitrogen and oxygen atoms in total. The van der Waals surface area contributed by atoms with Gasteiger partial charge in [0.1, 0.15) is 12.1 Å². The molecular formula is C23H21ClN4O7.